The molecular weight excluding hydrogens is 432 g/mol. The summed E-state index contributed by atoms with van der Waals surface area (Å²) in [6.45, 7) is 1.75. The quantitative estimate of drug-likeness (QED) is 0.246. The van der Waals surface area contributed by atoms with Crippen LogP contribution in [0, 0.1) is 0 Å². The molecule has 0 aliphatic rings. The largest absolute Gasteiger partial charge is 0.399 e. The van der Waals surface area contributed by atoms with Crippen LogP contribution in [0.15, 0.2) is 40.2 Å². The second kappa shape index (κ2) is 12.5. The average Bonchev–Trinajstić information content (AvgIpc) is 3.21. The highest BCUT2D eigenvalue weighted by Gasteiger charge is 2.14. The van der Waals surface area contributed by atoms with E-state index >= 15 is 0 Å². The summed E-state index contributed by atoms with van der Waals surface area (Å²) < 4.78 is 4.44. The zero-order chi connectivity index (χ0) is 24.5. The molecule has 2 heterocycles. The van der Waals surface area contributed by atoms with Gasteiger partial charge in [0, 0.05) is 39.4 Å². The number of benzene rings is 1. The number of rotatable bonds is 14. The fourth-order valence-electron chi connectivity index (χ4n) is 4.25. The van der Waals surface area contributed by atoms with Crippen molar-refractivity contribution in [2.24, 2.45) is 14.1 Å². The van der Waals surface area contributed by atoms with E-state index in [4.69, 9.17) is 5.73 Å². The molecule has 0 fully saturated rings. The van der Waals surface area contributed by atoms with Crippen LogP contribution in [-0.4, -0.2) is 36.4 Å². The molecule has 3 rings (SSSR count). The first kappa shape index (κ1) is 25.7. The van der Waals surface area contributed by atoms with Crippen LogP contribution in [0.4, 0.5) is 5.69 Å². The number of unbranched alkanes of at least 4 members (excludes halogenated alkanes) is 6. The lowest BCUT2D eigenvalue weighted by Crippen LogP contribution is -2.39. The van der Waals surface area contributed by atoms with E-state index in [0.717, 1.165) is 69.2 Å². The number of fused-ring (bicyclic) bond motifs is 1. The Balaban J connectivity index is 1.25. The van der Waals surface area contributed by atoms with Crippen molar-refractivity contribution >= 4 is 16.9 Å². The number of nitrogens with one attached hydrogen (secondary N) is 1. The van der Waals surface area contributed by atoms with Crippen molar-refractivity contribution in [3.63, 3.8) is 0 Å². The van der Waals surface area contributed by atoms with Gasteiger partial charge in [0.15, 0.2) is 11.2 Å². The van der Waals surface area contributed by atoms with E-state index in [2.05, 4.69) is 10.3 Å². The molecule has 9 heteroatoms. The van der Waals surface area contributed by atoms with E-state index in [1.807, 2.05) is 24.3 Å². The summed E-state index contributed by atoms with van der Waals surface area (Å²) in [7, 11) is 3.42. The normalized spacial score (nSPS) is 12.4. The van der Waals surface area contributed by atoms with E-state index in [1.54, 1.807) is 25.0 Å². The van der Waals surface area contributed by atoms with Crippen LogP contribution in [0.5, 0.6) is 0 Å². The second-order valence-electron chi connectivity index (χ2n) is 9.12. The summed E-state index contributed by atoms with van der Waals surface area (Å²) in [5, 5.41) is 13.4. The van der Waals surface area contributed by atoms with Gasteiger partial charge >= 0.3 is 5.69 Å². The molecule has 0 amide bonds. The molecule has 4 N–H and O–H groups in total. The molecule has 0 aliphatic heterocycles. The Morgan fingerprint density at radius 2 is 1.65 bits per heavy atom. The van der Waals surface area contributed by atoms with Gasteiger partial charge in [-0.05, 0) is 30.5 Å². The standard InChI is InChI=1S/C25H38N6O3/c1-29-18-28-23-22(29)24(33)31(25(34)30(23)2)15-9-7-5-3-4-6-8-10-21(32)17-27-16-19-11-13-20(26)14-12-19/h11-14,18,21,27,32H,3-10,15-17,26H2,1-2H3. The molecule has 1 unspecified atom stereocenters. The molecule has 0 saturated carbocycles. The van der Waals surface area contributed by atoms with Gasteiger partial charge < -0.3 is 20.7 Å². The molecule has 2 aromatic heterocycles. The summed E-state index contributed by atoms with van der Waals surface area (Å²) in [4.78, 5) is 29.3. The molecule has 1 aromatic carbocycles. The first-order valence-corrected chi connectivity index (χ1v) is 12.2. The Hall–Kier alpha value is -2.91. The fourth-order valence-corrected chi connectivity index (χ4v) is 4.25. The molecule has 186 valence electrons. The maximum Gasteiger partial charge on any atom is 0.332 e. The zero-order valence-electron chi connectivity index (χ0n) is 20.4. The summed E-state index contributed by atoms with van der Waals surface area (Å²) in [5.41, 5.74) is 7.92. The van der Waals surface area contributed by atoms with E-state index in [-0.39, 0.29) is 17.4 Å². The number of hydrogen-bond donors (Lipinski definition) is 3. The number of nitrogens with zero attached hydrogens (tertiary/aromatic N) is 4. The van der Waals surface area contributed by atoms with Crippen molar-refractivity contribution in [2.75, 3.05) is 12.3 Å². The summed E-state index contributed by atoms with van der Waals surface area (Å²) in [5.74, 6) is 0. The maximum absolute atomic E-state index is 12.7. The Labute approximate surface area is 200 Å². The van der Waals surface area contributed by atoms with Gasteiger partial charge in [0.05, 0.1) is 12.4 Å². The van der Waals surface area contributed by atoms with E-state index < -0.39 is 0 Å². The third kappa shape index (κ3) is 6.80. The second-order valence-corrected chi connectivity index (χ2v) is 9.12. The first-order valence-electron chi connectivity index (χ1n) is 12.2. The van der Waals surface area contributed by atoms with E-state index in [9.17, 15) is 14.7 Å². The van der Waals surface area contributed by atoms with Crippen LogP contribution in [-0.2, 0) is 27.2 Å². The summed E-state index contributed by atoms with van der Waals surface area (Å²) in [6.07, 6.45) is 9.28. The van der Waals surface area contributed by atoms with Crippen molar-refractivity contribution in [2.45, 2.75) is 70.6 Å². The van der Waals surface area contributed by atoms with Crippen molar-refractivity contribution in [1.29, 1.82) is 0 Å². The minimum Gasteiger partial charge on any atom is -0.399 e. The lowest BCUT2D eigenvalue weighted by atomic mass is 10.1. The number of hydrogen-bond acceptors (Lipinski definition) is 6. The Kier molecular flexibility index (Phi) is 9.47. The van der Waals surface area contributed by atoms with Crippen LogP contribution in [0.1, 0.15) is 56.9 Å². The molecular formula is C25H38N6O3. The van der Waals surface area contributed by atoms with Gasteiger partial charge in [0.2, 0.25) is 0 Å². The van der Waals surface area contributed by atoms with Crippen molar-refractivity contribution in [3.8, 4) is 0 Å². The van der Waals surface area contributed by atoms with Gasteiger partial charge in [0.25, 0.3) is 5.56 Å². The average molecular weight is 471 g/mol. The smallest absolute Gasteiger partial charge is 0.332 e. The molecule has 9 nitrogen and oxygen atoms in total. The van der Waals surface area contributed by atoms with Crippen LogP contribution in [0.3, 0.4) is 0 Å². The molecule has 3 aromatic rings. The molecule has 0 aliphatic carbocycles. The van der Waals surface area contributed by atoms with Crippen LogP contribution < -0.4 is 22.3 Å². The molecule has 0 bridgehead atoms. The number of anilines is 1. The third-order valence-electron chi connectivity index (χ3n) is 6.31. The predicted octanol–water partition coefficient (Wildman–Crippen LogP) is 2.29. The number of aryl methyl sites for hydroxylation is 2. The molecule has 1 atom stereocenters. The minimum absolute atomic E-state index is 0.264. The van der Waals surface area contributed by atoms with Gasteiger partial charge in [-0.25, -0.2) is 9.78 Å². The van der Waals surface area contributed by atoms with Gasteiger partial charge in [-0.1, -0.05) is 50.7 Å². The lowest BCUT2D eigenvalue weighted by Gasteiger charge is -2.12. The fraction of sp³-hybridized carbons (Fsp3) is 0.560. The Morgan fingerprint density at radius 3 is 2.35 bits per heavy atom. The van der Waals surface area contributed by atoms with E-state index in [1.165, 1.54) is 9.13 Å². The summed E-state index contributed by atoms with van der Waals surface area (Å²) in [6, 6.07) is 7.75. The van der Waals surface area contributed by atoms with Crippen molar-refractivity contribution in [3.05, 3.63) is 57.0 Å². The highest BCUT2D eigenvalue weighted by Crippen LogP contribution is 2.11. The number of aliphatic hydroxyl groups is 1. The highest BCUT2D eigenvalue weighted by atomic mass is 16.3. The first-order chi connectivity index (χ1) is 16.4. The van der Waals surface area contributed by atoms with Gasteiger partial charge in [0.1, 0.15) is 0 Å². The Bertz CT molecular complexity index is 1160. The van der Waals surface area contributed by atoms with Crippen molar-refractivity contribution < 1.29 is 5.11 Å². The summed E-state index contributed by atoms with van der Waals surface area (Å²) >= 11 is 0. The van der Waals surface area contributed by atoms with Gasteiger partial charge in [-0.15, -0.1) is 0 Å². The molecule has 0 saturated heterocycles. The number of imidazole rings is 1. The monoisotopic (exact) mass is 470 g/mol. The van der Waals surface area contributed by atoms with Crippen LogP contribution in [0.2, 0.25) is 0 Å². The van der Waals surface area contributed by atoms with Gasteiger partial charge in [-0.3, -0.25) is 13.9 Å². The van der Waals surface area contributed by atoms with E-state index in [0.29, 0.717) is 24.3 Å². The molecule has 0 radical (unpaired) electrons. The van der Waals surface area contributed by atoms with Crippen molar-refractivity contribution in [1.82, 2.24) is 24.0 Å². The molecule has 34 heavy (non-hydrogen) atoms. The zero-order valence-corrected chi connectivity index (χ0v) is 20.4. The highest BCUT2D eigenvalue weighted by molar-refractivity contribution is 5.69. The number of nitrogen functional groups attached to an aromatic ring is 1. The lowest BCUT2D eigenvalue weighted by molar-refractivity contribution is 0.157. The number of aromatic nitrogens is 4. The topological polar surface area (TPSA) is 120 Å². The molecule has 0 spiro atoms. The third-order valence-corrected chi connectivity index (χ3v) is 6.31. The minimum atomic E-state index is -0.327. The number of aliphatic hydroxyl groups excluding tert-OH is 1. The maximum atomic E-state index is 12.7. The van der Waals surface area contributed by atoms with Gasteiger partial charge in [-0.2, -0.15) is 0 Å². The van der Waals surface area contributed by atoms with Crippen LogP contribution >= 0.6 is 0 Å². The SMILES string of the molecule is Cn1cnc2c1c(=O)n(CCCCCCCCCC(O)CNCc1ccc(N)cc1)c(=O)n2C. The Morgan fingerprint density at radius 1 is 1.00 bits per heavy atom. The van der Waals surface area contributed by atoms with Crippen LogP contribution in [0.25, 0.3) is 11.2 Å². The number of nitrogens with two attached hydrogens (primary N) is 1. The predicted molar refractivity (Wildman–Crippen MR) is 136 cm³/mol.